The largest absolute Gasteiger partial charge is 0.378 e. The molecule has 23 heavy (non-hydrogen) atoms. The molecule has 0 bridgehead atoms. The Labute approximate surface area is 134 Å². The highest BCUT2D eigenvalue weighted by atomic mass is 16.5. The van der Waals surface area contributed by atoms with Gasteiger partial charge >= 0.3 is 0 Å². The fourth-order valence-electron chi connectivity index (χ4n) is 3.04. The van der Waals surface area contributed by atoms with Gasteiger partial charge < -0.3 is 15.0 Å². The summed E-state index contributed by atoms with van der Waals surface area (Å²) in [5, 5.41) is 10.2. The smallest absolute Gasteiger partial charge is 0.245 e. The van der Waals surface area contributed by atoms with Crippen LogP contribution in [0.1, 0.15) is 17.9 Å². The molecule has 120 valence electrons. The zero-order valence-corrected chi connectivity index (χ0v) is 12.8. The molecule has 1 amide bonds. The summed E-state index contributed by atoms with van der Waals surface area (Å²) in [6.07, 6.45) is 0.572. The number of nitrogens with zero attached hydrogens (tertiary/aromatic N) is 3. The second-order valence-corrected chi connectivity index (χ2v) is 5.91. The Morgan fingerprint density at radius 2 is 1.96 bits per heavy atom. The minimum Gasteiger partial charge on any atom is -0.378 e. The predicted octanol–water partition coefficient (Wildman–Crippen LogP) is 0.912. The number of nitrogens with one attached hydrogen (secondary N) is 2. The van der Waals surface area contributed by atoms with Crippen molar-refractivity contribution in [3.63, 3.8) is 0 Å². The molecule has 2 saturated heterocycles. The maximum Gasteiger partial charge on any atom is 0.245 e. The molecule has 0 spiro atoms. The van der Waals surface area contributed by atoms with Crippen LogP contribution in [0, 0.1) is 0 Å². The van der Waals surface area contributed by atoms with Gasteiger partial charge in [0.25, 0.3) is 0 Å². The van der Waals surface area contributed by atoms with Gasteiger partial charge in [-0.3, -0.25) is 9.89 Å². The third-order valence-electron chi connectivity index (χ3n) is 4.40. The molecular formula is C16H19N5O2. The lowest BCUT2D eigenvalue weighted by molar-refractivity contribution is -0.119. The maximum absolute atomic E-state index is 11.3. The first-order valence-electron chi connectivity index (χ1n) is 7.92. The number of rotatable bonds is 3. The van der Waals surface area contributed by atoms with Crippen LogP contribution in [0.5, 0.6) is 0 Å². The maximum atomic E-state index is 11.3. The summed E-state index contributed by atoms with van der Waals surface area (Å²) in [4.78, 5) is 18.0. The number of amides is 1. The fraction of sp³-hybridized carbons (Fsp3) is 0.438. The Kier molecular flexibility index (Phi) is 3.70. The lowest BCUT2D eigenvalue weighted by atomic mass is 9.97. The molecule has 1 atom stereocenters. The van der Waals surface area contributed by atoms with E-state index < -0.39 is 0 Å². The van der Waals surface area contributed by atoms with Gasteiger partial charge in [-0.1, -0.05) is 24.3 Å². The molecule has 1 aromatic carbocycles. The topological polar surface area (TPSA) is 83.1 Å². The van der Waals surface area contributed by atoms with E-state index in [1.54, 1.807) is 0 Å². The summed E-state index contributed by atoms with van der Waals surface area (Å²) in [6.45, 7) is 3.79. The van der Waals surface area contributed by atoms with Crippen molar-refractivity contribution in [2.45, 2.75) is 12.3 Å². The number of H-pyrrole nitrogens is 1. The Bertz CT molecular complexity index is 691. The Balaban J connectivity index is 1.49. The summed E-state index contributed by atoms with van der Waals surface area (Å²) in [6, 6.07) is 8.19. The molecule has 4 rings (SSSR count). The molecule has 2 aliphatic heterocycles. The van der Waals surface area contributed by atoms with Gasteiger partial charge in [-0.15, -0.1) is 5.10 Å². The minimum atomic E-state index is 0.129. The van der Waals surface area contributed by atoms with Crippen LogP contribution >= 0.6 is 0 Å². The molecule has 2 aliphatic rings. The minimum absolute atomic E-state index is 0.129. The molecule has 3 heterocycles. The molecule has 7 heteroatoms. The number of anilines is 1. The van der Waals surface area contributed by atoms with Gasteiger partial charge in [0.1, 0.15) is 0 Å². The van der Waals surface area contributed by atoms with E-state index in [9.17, 15) is 4.79 Å². The lowest BCUT2D eigenvalue weighted by Crippen LogP contribution is -2.36. The van der Waals surface area contributed by atoms with E-state index in [2.05, 4.69) is 37.5 Å². The summed E-state index contributed by atoms with van der Waals surface area (Å²) >= 11 is 0. The first-order chi connectivity index (χ1) is 11.3. The summed E-state index contributed by atoms with van der Waals surface area (Å²) in [5.41, 5.74) is 2.18. The van der Waals surface area contributed by atoms with Crippen LogP contribution < -0.4 is 10.2 Å². The van der Waals surface area contributed by atoms with Gasteiger partial charge in [0.05, 0.1) is 13.2 Å². The van der Waals surface area contributed by atoms with Crippen molar-refractivity contribution in [2.24, 2.45) is 0 Å². The van der Waals surface area contributed by atoms with E-state index in [1.807, 2.05) is 12.1 Å². The Morgan fingerprint density at radius 3 is 2.65 bits per heavy atom. The standard InChI is InChI=1S/C16H19N5O2/c22-14-9-13(10-17-14)11-1-3-12(4-2-11)15-18-16(20-19-15)21-5-7-23-8-6-21/h1-4,13H,5-10H2,(H,17,22)(H,18,19,20). The van der Waals surface area contributed by atoms with Crippen LogP contribution in [-0.2, 0) is 9.53 Å². The van der Waals surface area contributed by atoms with Crippen LogP contribution in [0.4, 0.5) is 5.95 Å². The predicted molar refractivity (Wildman–Crippen MR) is 85.2 cm³/mol. The van der Waals surface area contributed by atoms with Gasteiger partial charge in [-0.05, 0) is 5.56 Å². The molecule has 2 aromatic rings. The Hall–Kier alpha value is -2.41. The quantitative estimate of drug-likeness (QED) is 0.880. The first kappa shape index (κ1) is 14.2. The number of benzene rings is 1. The second kappa shape index (κ2) is 6.00. The average molecular weight is 313 g/mol. The molecule has 1 unspecified atom stereocenters. The van der Waals surface area contributed by atoms with E-state index in [4.69, 9.17) is 4.74 Å². The SMILES string of the molecule is O=C1CC(c2ccc(-c3nc(N4CCOCC4)n[nH]3)cc2)CN1. The van der Waals surface area contributed by atoms with E-state index in [-0.39, 0.29) is 11.8 Å². The number of ether oxygens (including phenoxy) is 1. The van der Waals surface area contributed by atoms with Gasteiger partial charge in [-0.2, -0.15) is 4.98 Å². The molecular weight excluding hydrogens is 294 g/mol. The fourth-order valence-corrected chi connectivity index (χ4v) is 3.04. The highest BCUT2D eigenvalue weighted by molar-refractivity contribution is 5.79. The van der Waals surface area contributed by atoms with Crippen molar-refractivity contribution >= 4 is 11.9 Å². The summed E-state index contributed by atoms with van der Waals surface area (Å²) < 4.78 is 5.35. The van der Waals surface area contributed by atoms with E-state index in [0.717, 1.165) is 37.0 Å². The number of carbonyl (C=O) groups excluding carboxylic acids is 1. The molecule has 0 aliphatic carbocycles. The first-order valence-corrected chi connectivity index (χ1v) is 7.92. The van der Waals surface area contributed by atoms with Gasteiger partial charge in [-0.25, -0.2) is 0 Å². The number of carbonyl (C=O) groups is 1. The molecule has 1 aromatic heterocycles. The van der Waals surface area contributed by atoms with Crippen molar-refractivity contribution < 1.29 is 9.53 Å². The highest BCUT2D eigenvalue weighted by Gasteiger charge is 2.23. The van der Waals surface area contributed by atoms with Crippen molar-refractivity contribution in [1.82, 2.24) is 20.5 Å². The van der Waals surface area contributed by atoms with Crippen LogP contribution in [0.2, 0.25) is 0 Å². The average Bonchev–Trinajstić information content (AvgIpc) is 3.25. The normalized spacial score (nSPS) is 21.5. The number of aromatic nitrogens is 3. The molecule has 0 saturated carbocycles. The third-order valence-corrected chi connectivity index (χ3v) is 4.40. The monoisotopic (exact) mass is 313 g/mol. The third kappa shape index (κ3) is 2.92. The van der Waals surface area contributed by atoms with E-state index >= 15 is 0 Å². The van der Waals surface area contributed by atoms with E-state index in [0.29, 0.717) is 19.6 Å². The number of morpholine rings is 1. The number of hydrogen-bond acceptors (Lipinski definition) is 5. The number of hydrogen-bond donors (Lipinski definition) is 2. The van der Waals surface area contributed by atoms with E-state index in [1.165, 1.54) is 5.56 Å². The van der Waals surface area contributed by atoms with Crippen LogP contribution in [0.15, 0.2) is 24.3 Å². The van der Waals surface area contributed by atoms with Crippen molar-refractivity contribution in [2.75, 3.05) is 37.7 Å². The molecule has 2 fully saturated rings. The van der Waals surface area contributed by atoms with Crippen LogP contribution in [-0.4, -0.2) is 53.9 Å². The molecule has 2 N–H and O–H groups in total. The zero-order valence-electron chi connectivity index (χ0n) is 12.8. The van der Waals surface area contributed by atoms with Crippen LogP contribution in [0.3, 0.4) is 0 Å². The van der Waals surface area contributed by atoms with Crippen molar-refractivity contribution in [3.8, 4) is 11.4 Å². The van der Waals surface area contributed by atoms with Gasteiger partial charge in [0, 0.05) is 37.5 Å². The van der Waals surface area contributed by atoms with Gasteiger partial charge in [0.2, 0.25) is 11.9 Å². The summed E-state index contributed by atoms with van der Waals surface area (Å²) in [5.74, 6) is 1.89. The highest BCUT2D eigenvalue weighted by Crippen LogP contribution is 2.25. The molecule has 7 nitrogen and oxygen atoms in total. The van der Waals surface area contributed by atoms with Crippen molar-refractivity contribution in [3.05, 3.63) is 29.8 Å². The summed E-state index contributed by atoms with van der Waals surface area (Å²) in [7, 11) is 0. The number of aromatic amines is 1. The van der Waals surface area contributed by atoms with Crippen LogP contribution in [0.25, 0.3) is 11.4 Å². The van der Waals surface area contributed by atoms with Crippen molar-refractivity contribution in [1.29, 1.82) is 0 Å². The van der Waals surface area contributed by atoms with Gasteiger partial charge in [0.15, 0.2) is 5.82 Å². The molecule has 0 radical (unpaired) electrons. The zero-order chi connectivity index (χ0) is 15.6. The Morgan fingerprint density at radius 1 is 1.17 bits per heavy atom. The lowest BCUT2D eigenvalue weighted by Gasteiger charge is -2.25. The second-order valence-electron chi connectivity index (χ2n) is 5.91.